The highest BCUT2D eigenvalue weighted by Gasteiger charge is 2.41. The molecule has 0 bridgehead atoms. The number of halogens is 2. The molecule has 1 heterocycles. The summed E-state index contributed by atoms with van der Waals surface area (Å²) >= 11 is 0. The van der Waals surface area contributed by atoms with Gasteiger partial charge in [0.1, 0.15) is 0 Å². The maximum atomic E-state index is 14.1. The Morgan fingerprint density at radius 1 is 1.50 bits per heavy atom. The molecule has 2 unspecified atom stereocenters. The van der Waals surface area contributed by atoms with Gasteiger partial charge in [-0.2, -0.15) is 0 Å². The Balaban J connectivity index is 0.00000200. The van der Waals surface area contributed by atoms with Gasteiger partial charge in [0.2, 0.25) is 5.67 Å². The minimum Gasteiger partial charge on any atom is -0.387 e. The summed E-state index contributed by atoms with van der Waals surface area (Å²) in [6.07, 6.45) is -0.637. The van der Waals surface area contributed by atoms with E-state index in [-0.39, 0.29) is 31.9 Å². The number of aliphatic hydroxyl groups excluding tert-OH is 1. The van der Waals surface area contributed by atoms with Crippen LogP contribution in [-0.2, 0) is 4.79 Å². The summed E-state index contributed by atoms with van der Waals surface area (Å²) in [7, 11) is 0. The number of aliphatic hydroxyl groups is 1. The highest BCUT2D eigenvalue weighted by atomic mass is 35.5. The van der Waals surface area contributed by atoms with Crippen LogP contribution in [0.15, 0.2) is 24.3 Å². The van der Waals surface area contributed by atoms with Crippen LogP contribution in [-0.4, -0.2) is 36.3 Å². The number of amides is 1. The molecular weight excluding hydrogens is 283 g/mol. The van der Waals surface area contributed by atoms with Crippen LogP contribution in [0, 0.1) is 6.92 Å². The molecule has 0 aliphatic carbocycles. The van der Waals surface area contributed by atoms with E-state index in [1.54, 1.807) is 12.1 Å². The van der Waals surface area contributed by atoms with Crippen molar-refractivity contribution in [3.8, 4) is 0 Å². The van der Waals surface area contributed by atoms with Crippen LogP contribution in [0.25, 0.3) is 0 Å². The first-order valence-corrected chi connectivity index (χ1v) is 6.44. The minimum absolute atomic E-state index is 0. The molecule has 1 aliphatic rings. The molecule has 1 amide bonds. The number of aryl methyl sites for hydroxylation is 1. The van der Waals surface area contributed by atoms with Gasteiger partial charge in [0.05, 0.1) is 6.10 Å². The van der Waals surface area contributed by atoms with Gasteiger partial charge in [-0.25, -0.2) is 4.39 Å². The Morgan fingerprint density at radius 3 is 2.70 bits per heavy atom. The zero-order chi connectivity index (χ0) is 13.9. The standard InChI is InChI=1S/C14H19FN2O2.ClH/c1-10-2-4-11(5-3-10)12(18)8-17-13(19)14(15)6-7-16-9-14;/h2-5,12,16,18H,6-9H2,1H3,(H,17,19);1H. The quantitative estimate of drug-likeness (QED) is 0.785. The lowest BCUT2D eigenvalue weighted by molar-refractivity contribution is -0.132. The van der Waals surface area contributed by atoms with E-state index in [4.69, 9.17) is 0 Å². The second-order valence-corrected chi connectivity index (χ2v) is 5.03. The number of carbonyl (C=O) groups excluding carboxylic acids is 1. The van der Waals surface area contributed by atoms with Gasteiger partial charge in [-0.05, 0) is 19.0 Å². The van der Waals surface area contributed by atoms with Crippen LogP contribution in [0.3, 0.4) is 0 Å². The Kier molecular flexibility index (Phi) is 5.92. The van der Waals surface area contributed by atoms with Crippen molar-refractivity contribution < 1.29 is 14.3 Å². The summed E-state index contributed by atoms with van der Waals surface area (Å²) in [6, 6.07) is 7.37. The second-order valence-electron chi connectivity index (χ2n) is 5.03. The van der Waals surface area contributed by atoms with Crippen molar-refractivity contribution >= 4 is 18.3 Å². The number of alkyl halides is 1. The van der Waals surface area contributed by atoms with Crippen LogP contribution >= 0.6 is 12.4 Å². The fraction of sp³-hybridized carbons (Fsp3) is 0.500. The number of rotatable bonds is 4. The second kappa shape index (κ2) is 7.02. The SMILES string of the molecule is Cc1ccc(C(O)CNC(=O)C2(F)CCNC2)cc1.Cl. The van der Waals surface area contributed by atoms with Crippen LogP contribution in [0.5, 0.6) is 0 Å². The molecule has 1 aromatic carbocycles. The summed E-state index contributed by atoms with van der Waals surface area (Å²) in [5.74, 6) is -0.649. The van der Waals surface area contributed by atoms with Gasteiger partial charge in [-0.1, -0.05) is 29.8 Å². The maximum Gasteiger partial charge on any atom is 0.259 e. The van der Waals surface area contributed by atoms with Gasteiger partial charge >= 0.3 is 0 Å². The third-order valence-corrected chi connectivity index (χ3v) is 3.43. The fourth-order valence-corrected chi connectivity index (χ4v) is 2.11. The molecule has 3 N–H and O–H groups in total. The van der Waals surface area contributed by atoms with Crippen LogP contribution in [0.2, 0.25) is 0 Å². The van der Waals surface area contributed by atoms with E-state index < -0.39 is 17.7 Å². The largest absolute Gasteiger partial charge is 0.387 e. The Bertz CT molecular complexity index is 447. The number of nitrogens with one attached hydrogen (secondary N) is 2. The Hall–Kier alpha value is -1.17. The van der Waals surface area contributed by atoms with Crippen molar-refractivity contribution in [3.05, 3.63) is 35.4 Å². The minimum atomic E-state index is -1.84. The van der Waals surface area contributed by atoms with E-state index >= 15 is 0 Å². The molecule has 6 heteroatoms. The smallest absolute Gasteiger partial charge is 0.259 e. The predicted molar refractivity (Wildman–Crippen MR) is 77.7 cm³/mol. The van der Waals surface area contributed by atoms with Gasteiger partial charge < -0.3 is 15.7 Å². The zero-order valence-electron chi connectivity index (χ0n) is 11.4. The molecule has 1 fully saturated rings. The molecule has 1 saturated heterocycles. The first kappa shape index (κ1) is 16.9. The molecule has 0 radical (unpaired) electrons. The third kappa shape index (κ3) is 3.91. The van der Waals surface area contributed by atoms with E-state index in [2.05, 4.69) is 10.6 Å². The first-order chi connectivity index (χ1) is 9.01. The summed E-state index contributed by atoms with van der Waals surface area (Å²) in [6.45, 7) is 2.52. The fourth-order valence-electron chi connectivity index (χ4n) is 2.11. The highest BCUT2D eigenvalue weighted by Crippen LogP contribution is 2.20. The van der Waals surface area contributed by atoms with Gasteiger partial charge in [-0.3, -0.25) is 4.79 Å². The normalized spacial score (nSPS) is 22.9. The zero-order valence-corrected chi connectivity index (χ0v) is 12.2. The molecule has 0 aromatic heterocycles. The molecule has 0 saturated carbocycles. The van der Waals surface area contributed by atoms with Crippen LogP contribution in [0.1, 0.15) is 23.7 Å². The van der Waals surface area contributed by atoms with Crippen molar-refractivity contribution in [3.63, 3.8) is 0 Å². The topological polar surface area (TPSA) is 61.4 Å². The van der Waals surface area contributed by atoms with Crippen molar-refractivity contribution in [1.82, 2.24) is 10.6 Å². The third-order valence-electron chi connectivity index (χ3n) is 3.43. The summed E-state index contributed by atoms with van der Waals surface area (Å²) in [4.78, 5) is 11.7. The van der Waals surface area contributed by atoms with Crippen LogP contribution < -0.4 is 10.6 Å². The number of hydrogen-bond donors (Lipinski definition) is 3. The molecular formula is C14H20ClFN2O2. The van der Waals surface area contributed by atoms with Crippen molar-refractivity contribution in [2.75, 3.05) is 19.6 Å². The highest BCUT2D eigenvalue weighted by molar-refractivity contribution is 5.86. The van der Waals surface area contributed by atoms with Gasteiger partial charge in [0.15, 0.2) is 0 Å². The van der Waals surface area contributed by atoms with E-state index in [0.717, 1.165) is 5.56 Å². The molecule has 1 aliphatic heterocycles. The summed E-state index contributed by atoms with van der Waals surface area (Å²) in [5.41, 5.74) is -0.0319. The first-order valence-electron chi connectivity index (χ1n) is 6.44. The van der Waals surface area contributed by atoms with Gasteiger partial charge in [0.25, 0.3) is 5.91 Å². The molecule has 4 nitrogen and oxygen atoms in total. The molecule has 0 spiro atoms. The average Bonchev–Trinajstić information content (AvgIpc) is 2.84. The number of benzene rings is 1. The Labute approximate surface area is 124 Å². The van der Waals surface area contributed by atoms with Crippen LogP contribution in [0.4, 0.5) is 4.39 Å². The van der Waals surface area contributed by atoms with E-state index in [1.807, 2.05) is 19.1 Å². The van der Waals surface area contributed by atoms with Crippen molar-refractivity contribution in [2.24, 2.45) is 0 Å². The molecule has 20 heavy (non-hydrogen) atoms. The molecule has 2 rings (SSSR count). The monoisotopic (exact) mass is 302 g/mol. The van der Waals surface area contributed by atoms with Crippen molar-refractivity contribution in [2.45, 2.75) is 25.1 Å². The van der Waals surface area contributed by atoms with E-state index in [9.17, 15) is 14.3 Å². The predicted octanol–water partition coefficient (Wildman–Crippen LogP) is 1.27. The number of hydrogen-bond acceptors (Lipinski definition) is 3. The molecule has 1 aromatic rings. The Morgan fingerprint density at radius 2 is 2.15 bits per heavy atom. The lowest BCUT2D eigenvalue weighted by atomic mass is 10.0. The maximum absolute atomic E-state index is 14.1. The average molecular weight is 303 g/mol. The summed E-state index contributed by atoms with van der Waals surface area (Å²) < 4.78 is 14.1. The number of carbonyl (C=O) groups is 1. The molecule has 112 valence electrons. The van der Waals surface area contributed by atoms with Gasteiger partial charge in [0, 0.05) is 19.5 Å². The lowest BCUT2D eigenvalue weighted by Gasteiger charge is -2.19. The van der Waals surface area contributed by atoms with E-state index in [1.165, 1.54) is 0 Å². The van der Waals surface area contributed by atoms with Crippen molar-refractivity contribution in [1.29, 1.82) is 0 Å². The lowest BCUT2D eigenvalue weighted by Crippen LogP contribution is -2.46. The molecule has 2 atom stereocenters. The van der Waals surface area contributed by atoms with Gasteiger partial charge in [-0.15, -0.1) is 12.4 Å². The summed E-state index contributed by atoms with van der Waals surface area (Å²) in [5, 5.41) is 15.2. The van der Waals surface area contributed by atoms with E-state index in [0.29, 0.717) is 12.1 Å².